The van der Waals surface area contributed by atoms with Gasteiger partial charge in [-0.2, -0.15) is 0 Å². The van der Waals surface area contributed by atoms with Gasteiger partial charge in [0.15, 0.2) is 0 Å². The summed E-state index contributed by atoms with van der Waals surface area (Å²) >= 11 is 4.01. The smallest absolute Gasteiger partial charge is 0.310 e. The maximum atomic E-state index is 11.5. The van der Waals surface area contributed by atoms with Crippen LogP contribution in [-0.2, 0) is 9.53 Å². The molecule has 0 aromatic rings. The Morgan fingerprint density at radius 2 is 2.06 bits per heavy atom. The van der Waals surface area contributed by atoms with E-state index in [-0.39, 0.29) is 12.3 Å². The van der Waals surface area contributed by atoms with Crippen LogP contribution in [0.15, 0.2) is 11.4 Å². The van der Waals surface area contributed by atoms with Crippen molar-refractivity contribution in [1.29, 1.82) is 0 Å². The van der Waals surface area contributed by atoms with Gasteiger partial charge in [-0.25, -0.2) is 0 Å². The molecule has 0 bridgehead atoms. The Kier molecular flexibility index (Phi) is 6.86. The molecule has 0 aromatic heterocycles. The average Bonchev–Trinajstić information content (AvgIpc) is 2.68. The van der Waals surface area contributed by atoms with Crippen LogP contribution in [0.25, 0.3) is 0 Å². The Hall–Kier alpha value is 0.340. The number of allylic oxidation sites excluding steroid dienone is 1. The zero-order chi connectivity index (χ0) is 12.0. The lowest BCUT2D eigenvalue weighted by Gasteiger charge is -2.14. The van der Waals surface area contributed by atoms with Crippen LogP contribution in [0.2, 0.25) is 0 Å². The fourth-order valence-corrected chi connectivity index (χ4v) is 9.70. The first kappa shape index (κ1) is 14.4. The number of carbonyl (C=O) groups is 1. The van der Waals surface area contributed by atoms with Crippen molar-refractivity contribution in [2.24, 2.45) is 5.92 Å². The molecule has 0 amide bonds. The third-order valence-electron chi connectivity index (χ3n) is 1.89. The number of rotatable bonds is 5. The molecule has 1 saturated heterocycles. The molecule has 0 spiro atoms. The van der Waals surface area contributed by atoms with E-state index in [2.05, 4.69) is 19.9 Å². The van der Waals surface area contributed by atoms with Gasteiger partial charge in [0.25, 0.3) is 0 Å². The van der Waals surface area contributed by atoms with Gasteiger partial charge < -0.3 is 4.74 Å². The first-order valence-electron chi connectivity index (χ1n) is 5.55. The van der Waals surface area contributed by atoms with Crippen molar-refractivity contribution in [1.82, 2.24) is 0 Å². The summed E-state index contributed by atoms with van der Waals surface area (Å²) in [6.07, 6.45) is 2.54. The van der Waals surface area contributed by atoms with E-state index in [1.54, 1.807) is 0 Å². The van der Waals surface area contributed by atoms with Crippen LogP contribution >= 0.6 is 29.1 Å². The van der Waals surface area contributed by atoms with Crippen molar-refractivity contribution in [2.45, 2.75) is 27.2 Å². The summed E-state index contributed by atoms with van der Waals surface area (Å²) in [5.74, 6) is 2.86. The van der Waals surface area contributed by atoms with Gasteiger partial charge in [0.2, 0.25) is 0 Å². The van der Waals surface area contributed by atoms with Gasteiger partial charge in [-0.3, -0.25) is 4.79 Å². The maximum absolute atomic E-state index is 11.5. The van der Waals surface area contributed by atoms with Gasteiger partial charge >= 0.3 is 5.97 Å². The number of ether oxygens (including phenoxy) is 1. The van der Waals surface area contributed by atoms with E-state index in [0.29, 0.717) is 18.9 Å². The third-order valence-corrected chi connectivity index (χ3v) is 9.98. The molecule has 1 heterocycles. The van der Waals surface area contributed by atoms with Crippen LogP contribution in [0.5, 0.6) is 0 Å². The second-order valence-corrected chi connectivity index (χ2v) is 10.7. The summed E-state index contributed by atoms with van der Waals surface area (Å²) in [6.45, 7) is 6.65. The molecule has 2 nitrogen and oxygen atoms in total. The van der Waals surface area contributed by atoms with E-state index in [0.717, 1.165) is 0 Å². The SMILES string of the molecule is CCOC(=O)C/C(=C\C(C)C)P1SCCS1. The summed E-state index contributed by atoms with van der Waals surface area (Å²) in [5.41, 5.74) is 0. The molecule has 0 atom stereocenters. The second kappa shape index (κ2) is 7.62. The molecule has 0 unspecified atom stereocenters. The minimum Gasteiger partial charge on any atom is -0.466 e. The molecular formula is C11H19O2PS2. The summed E-state index contributed by atoms with van der Waals surface area (Å²) < 4.78 is 5.03. The summed E-state index contributed by atoms with van der Waals surface area (Å²) in [4.78, 5) is 11.5. The lowest BCUT2D eigenvalue weighted by atomic mass is 10.2. The highest BCUT2D eigenvalue weighted by Crippen LogP contribution is 2.71. The molecule has 1 rings (SSSR count). The van der Waals surface area contributed by atoms with Gasteiger partial charge in [-0.1, -0.05) is 19.9 Å². The molecule has 1 fully saturated rings. The highest BCUT2D eigenvalue weighted by molar-refractivity contribution is 8.90. The molecule has 0 radical (unpaired) electrons. The Labute approximate surface area is 107 Å². The van der Waals surface area contributed by atoms with E-state index in [1.807, 2.05) is 29.7 Å². The zero-order valence-electron chi connectivity index (χ0n) is 10.1. The van der Waals surface area contributed by atoms with Gasteiger partial charge in [0, 0.05) is 17.8 Å². The lowest BCUT2D eigenvalue weighted by molar-refractivity contribution is -0.142. The van der Waals surface area contributed by atoms with Crippen LogP contribution in [0.1, 0.15) is 27.2 Å². The lowest BCUT2D eigenvalue weighted by Crippen LogP contribution is -2.04. The van der Waals surface area contributed by atoms with Crippen molar-refractivity contribution in [3.8, 4) is 0 Å². The van der Waals surface area contributed by atoms with Crippen molar-refractivity contribution in [3.63, 3.8) is 0 Å². The fourth-order valence-electron chi connectivity index (χ4n) is 1.37. The summed E-state index contributed by atoms with van der Waals surface area (Å²) in [7, 11) is 0. The molecule has 1 aliphatic heterocycles. The topological polar surface area (TPSA) is 26.3 Å². The van der Waals surface area contributed by atoms with Crippen molar-refractivity contribution < 1.29 is 9.53 Å². The minimum absolute atomic E-state index is 0.0787. The molecule has 1 aliphatic rings. The standard InChI is InChI=1S/C11H19O2PS2/c1-4-13-11(12)8-10(7-9(2)3)14-15-5-6-16-14/h7,9H,4-6,8H2,1-3H3/b10-7+. The van der Waals surface area contributed by atoms with Gasteiger partial charge in [0.05, 0.1) is 13.0 Å². The van der Waals surface area contributed by atoms with Crippen LogP contribution in [0, 0.1) is 5.92 Å². The van der Waals surface area contributed by atoms with Crippen LogP contribution < -0.4 is 0 Å². The van der Waals surface area contributed by atoms with E-state index in [4.69, 9.17) is 4.74 Å². The van der Waals surface area contributed by atoms with E-state index in [9.17, 15) is 4.79 Å². The fraction of sp³-hybridized carbons (Fsp3) is 0.727. The molecule has 0 aromatic carbocycles. The summed E-state index contributed by atoms with van der Waals surface area (Å²) in [5, 5.41) is 1.30. The molecule has 16 heavy (non-hydrogen) atoms. The van der Waals surface area contributed by atoms with Gasteiger partial charge in [-0.15, -0.1) is 22.8 Å². The van der Waals surface area contributed by atoms with Gasteiger partial charge in [-0.05, 0) is 18.2 Å². The van der Waals surface area contributed by atoms with E-state index >= 15 is 0 Å². The zero-order valence-corrected chi connectivity index (χ0v) is 12.6. The third kappa shape index (κ3) is 5.11. The van der Waals surface area contributed by atoms with Gasteiger partial charge in [0.1, 0.15) is 0 Å². The molecule has 0 aliphatic carbocycles. The predicted octanol–water partition coefficient (Wildman–Crippen LogP) is 4.27. The van der Waals surface area contributed by atoms with Crippen molar-refractivity contribution in [3.05, 3.63) is 11.4 Å². The molecule has 0 saturated carbocycles. The highest BCUT2D eigenvalue weighted by atomic mass is 33.1. The molecule has 0 N–H and O–H groups in total. The molecule has 92 valence electrons. The Bertz CT molecular complexity index is 261. The number of hydrogen-bond acceptors (Lipinski definition) is 4. The normalized spacial score (nSPS) is 18.1. The Morgan fingerprint density at radius 1 is 1.44 bits per heavy atom. The largest absolute Gasteiger partial charge is 0.466 e. The maximum Gasteiger partial charge on any atom is 0.310 e. The number of carbonyl (C=O) groups excluding carboxylic acids is 1. The highest BCUT2D eigenvalue weighted by Gasteiger charge is 2.23. The van der Waals surface area contributed by atoms with Crippen molar-refractivity contribution in [2.75, 3.05) is 18.1 Å². The summed E-state index contributed by atoms with van der Waals surface area (Å²) in [6, 6.07) is 0. The predicted molar refractivity (Wildman–Crippen MR) is 76.0 cm³/mol. The van der Waals surface area contributed by atoms with E-state index < -0.39 is 0 Å². The quantitative estimate of drug-likeness (QED) is 0.554. The molecular weight excluding hydrogens is 259 g/mol. The van der Waals surface area contributed by atoms with Crippen molar-refractivity contribution >= 4 is 35.1 Å². The minimum atomic E-state index is -0.191. The Morgan fingerprint density at radius 3 is 2.56 bits per heavy atom. The first-order valence-corrected chi connectivity index (χ1v) is 10.1. The van der Waals surface area contributed by atoms with Crippen LogP contribution in [0.4, 0.5) is 0 Å². The monoisotopic (exact) mass is 278 g/mol. The van der Waals surface area contributed by atoms with Crippen LogP contribution in [-0.4, -0.2) is 24.1 Å². The molecule has 5 heteroatoms. The number of hydrogen-bond donors (Lipinski definition) is 0. The van der Waals surface area contributed by atoms with E-state index in [1.165, 1.54) is 16.8 Å². The van der Waals surface area contributed by atoms with Crippen LogP contribution in [0.3, 0.4) is 0 Å². The second-order valence-electron chi connectivity index (χ2n) is 3.81. The Balaban J connectivity index is 2.60. The average molecular weight is 278 g/mol. The number of esters is 1. The first-order chi connectivity index (χ1) is 7.63.